The Bertz CT molecular complexity index is 551. The van der Waals surface area contributed by atoms with Gasteiger partial charge in [0, 0.05) is 25.2 Å². The van der Waals surface area contributed by atoms with Crippen LogP contribution < -0.4 is 0 Å². The van der Waals surface area contributed by atoms with Gasteiger partial charge in [-0.1, -0.05) is 50.3 Å². The molecule has 0 amide bonds. The molecule has 23 heavy (non-hydrogen) atoms. The Labute approximate surface area is 141 Å². The van der Waals surface area contributed by atoms with Gasteiger partial charge < -0.3 is 9.64 Å². The molecule has 1 aromatic carbocycles. The maximum Gasteiger partial charge on any atom is 0.127 e. The van der Waals surface area contributed by atoms with E-state index in [4.69, 9.17) is 4.74 Å². The predicted molar refractivity (Wildman–Crippen MR) is 99.4 cm³/mol. The molecular weight excluding hydrogens is 282 g/mol. The summed E-state index contributed by atoms with van der Waals surface area (Å²) in [5.74, 6) is 1.70. The van der Waals surface area contributed by atoms with Gasteiger partial charge in [-0.15, -0.1) is 0 Å². The summed E-state index contributed by atoms with van der Waals surface area (Å²) in [5.41, 5.74) is 3.46. The summed E-state index contributed by atoms with van der Waals surface area (Å²) in [5, 5.41) is 0. The maximum atomic E-state index is 6.40. The molecule has 2 heteroatoms. The third kappa shape index (κ3) is 5.54. The standard InChI is InChI=1S/C21H31NO/c1-16(2)14-21(20-9-7-6-8-18(20)5)23-19-10-12-22(13-11-19)15-17(3)4/h6-9,14,17,19H,1,10-13,15H2,2-5H3/b21-14+. The van der Waals surface area contributed by atoms with E-state index in [9.17, 15) is 0 Å². The molecule has 0 unspecified atom stereocenters. The molecule has 126 valence electrons. The van der Waals surface area contributed by atoms with Gasteiger partial charge in [-0.25, -0.2) is 0 Å². The smallest absolute Gasteiger partial charge is 0.127 e. The highest BCUT2D eigenvalue weighted by Crippen LogP contribution is 2.26. The quantitative estimate of drug-likeness (QED) is 0.538. The summed E-state index contributed by atoms with van der Waals surface area (Å²) >= 11 is 0. The van der Waals surface area contributed by atoms with E-state index in [1.807, 2.05) is 6.92 Å². The van der Waals surface area contributed by atoms with E-state index in [-0.39, 0.29) is 0 Å². The molecule has 0 radical (unpaired) electrons. The molecule has 1 aliphatic heterocycles. The first-order valence-electron chi connectivity index (χ1n) is 8.78. The van der Waals surface area contributed by atoms with Gasteiger partial charge in [-0.3, -0.25) is 0 Å². The van der Waals surface area contributed by atoms with Crippen LogP contribution in [0.15, 0.2) is 42.5 Å². The normalized spacial score (nSPS) is 17.5. The van der Waals surface area contributed by atoms with E-state index >= 15 is 0 Å². The van der Waals surface area contributed by atoms with Crippen LogP contribution in [0.5, 0.6) is 0 Å². The molecular formula is C21H31NO. The Morgan fingerprint density at radius 2 is 1.96 bits per heavy atom. The fourth-order valence-electron chi connectivity index (χ4n) is 3.15. The zero-order valence-corrected chi connectivity index (χ0v) is 15.1. The molecule has 0 bridgehead atoms. The first-order chi connectivity index (χ1) is 11.0. The van der Waals surface area contributed by atoms with Gasteiger partial charge in [0.1, 0.15) is 11.9 Å². The number of rotatable bonds is 6. The minimum atomic E-state index is 0.309. The lowest BCUT2D eigenvalue weighted by molar-refractivity contribution is 0.0751. The molecule has 1 saturated heterocycles. The van der Waals surface area contributed by atoms with Crippen molar-refractivity contribution in [3.8, 4) is 0 Å². The predicted octanol–water partition coefficient (Wildman–Crippen LogP) is 5.05. The number of likely N-dealkylation sites (tertiary alicyclic amines) is 1. The highest BCUT2D eigenvalue weighted by Gasteiger charge is 2.22. The number of hydrogen-bond acceptors (Lipinski definition) is 2. The molecule has 1 fully saturated rings. The summed E-state index contributed by atoms with van der Waals surface area (Å²) in [6.07, 6.45) is 4.59. The zero-order valence-electron chi connectivity index (χ0n) is 15.1. The number of hydrogen-bond donors (Lipinski definition) is 0. The average molecular weight is 313 g/mol. The second-order valence-corrected chi connectivity index (χ2v) is 7.18. The lowest BCUT2D eigenvalue weighted by atomic mass is 10.0. The van der Waals surface area contributed by atoms with E-state index in [1.165, 1.54) is 17.7 Å². The fraction of sp³-hybridized carbons (Fsp3) is 0.524. The van der Waals surface area contributed by atoms with E-state index in [1.54, 1.807) is 0 Å². The monoisotopic (exact) mass is 313 g/mol. The van der Waals surface area contributed by atoms with Crippen LogP contribution >= 0.6 is 0 Å². The zero-order chi connectivity index (χ0) is 16.8. The molecule has 2 nitrogen and oxygen atoms in total. The first-order valence-corrected chi connectivity index (χ1v) is 8.78. The van der Waals surface area contributed by atoms with E-state index in [0.29, 0.717) is 6.10 Å². The van der Waals surface area contributed by atoms with Gasteiger partial charge >= 0.3 is 0 Å². The van der Waals surface area contributed by atoms with Crippen molar-refractivity contribution in [3.63, 3.8) is 0 Å². The largest absolute Gasteiger partial charge is 0.490 e. The average Bonchev–Trinajstić information content (AvgIpc) is 2.48. The lowest BCUT2D eigenvalue weighted by Gasteiger charge is -2.33. The van der Waals surface area contributed by atoms with Crippen LogP contribution in [-0.2, 0) is 4.74 Å². The minimum Gasteiger partial charge on any atom is -0.490 e. The SMILES string of the molecule is C=C(C)/C=C(/OC1CCN(CC(C)C)CC1)c1ccccc1C. The fourth-order valence-corrected chi connectivity index (χ4v) is 3.15. The van der Waals surface area contributed by atoms with Gasteiger partial charge in [0.05, 0.1) is 0 Å². The molecule has 0 N–H and O–H groups in total. The third-order valence-corrected chi connectivity index (χ3v) is 4.24. The van der Waals surface area contributed by atoms with Crippen LogP contribution in [0.25, 0.3) is 5.76 Å². The van der Waals surface area contributed by atoms with Crippen molar-refractivity contribution in [2.75, 3.05) is 19.6 Å². The number of nitrogens with zero attached hydrogens (tertiary/aromatic N) is 1. The minimum absolute atomic E-state index is 0.309. The van der Waals surface area contributed by atoms with Gasteiger partial charge in [0.15, 0.2) is 0 Å². The van der Waals surface area contributed by atoms with Crippen LogP contribution in [0, 0.1) is 12.8 Å². The van der Waals surface area contributed by atoms with Crippen LogP contribution in [0.1, 0.15) is 44.7 Å². The third-order valence-electron chi connectivity index (χ3n) is 4.24. The topological polar surface area (TPSA) is 12.5 Å². The van der Waals surface area contributed by atoms with Crippen molar-refractivity contribution < 1.29 is 4.74 Å². The van der Waals surface area contributed by atoms with Crippen LogP contribution in [0.4, 0.5) is 0 Å². The van der Waals surface area contributed by atoms with Crippen molar-refractivity contribution in [1.29, 1.82) is 0 Å². The highest BCUT2D eigenvalue weighted by molar-refractivity contribution is 5.65. The summed E-state index contributed by atoms with van der Waals surface area (Å²) in [7, 11) is 0. The molecule has 0 spiro atoms. The van der Waals surface area contributed by atoms with Gasteiger partial charge in [-0.2, -0.15) is 0 Å². The Balaban J connectivity index is 2.03. The Morgan fingerprint density at radius 1 is 1.30 bits per heavy atom. The summed E-state index contributed by atoms with van der Waals surface area (Å²) in [6, 6.07) is 8.42. The highest BCUT2D eigenvalue weighted by atomic mass is 16.5. The van der Waals surface area contributed by atoms with Crippen molar-refractivity contribution in [2.24, 2.45) is 5.92 Å². The number of aryl methyl sites for hydroxylation is 1. The lowest BCUT2D eigenvalue weighted by Crippen LogP contribution is -2.38. The molecule has 1 aliphatic rings. The van der Waals surface area contributed by atoms with E-state index in [2.05, 4.69) is 62.6 Å². The Hall–Kier alpha value is -1.54. The van der Waals surface area contributed by atoms with Crippen LogP contribution in [-0.4, -0.2) is 30.6 Å². The summed E-state index contributed by atoms with van der Waals surface area (Å²) < 4.78 is 6.40. The van der Waals surface area contributed by atoms with Crippen molar-refractivity contribution in [1.82, 2.24) is 4.90 Å². The van der Waals surface area contributed by atoms with Crippen LogP contribution in [0.2, 0.25) is 0 Å². The number of ether oxygens (including phenoxy) is 1. The molecule has 0 atom stereocenters. The van der Waals surface area contributed by atoms with Gasteiger partial charge in [0.2, 0.25) is 0 Å². The molecule has 0 saturated carbocycles. The van der Waals surface area contributed by atoms with E-state index < -0.39 is 0 Å². The van der Waals surface area contributed by atoms with Crippen molar-refractivity contribution in [3.05, 3.63) is 53.6 Å². The number of benzene rings is 1. The molecule has 1 aromatic rings. The number of piperidine rings is 1. The second kappa shape index (κ2) is 8.35. The Morgan fingerprint density at radius 3 is 2.52 bits per heavy atom. The number of allylic oxidation sites excluding steroid dienone is 2. The van der Waals surface area contributed by atoms with Gasteiger partial charge in [-0.05, 0) is 44.2 Å². The molecule has 1 heterocycles. The molecule has 0 aromatic heterocycles. The van der Waals surface area contributed by atoms with Crippen molar-refractivity contribution in [2.45, 2.75) is 46.6 Å². The van der Waals surface area contributed by atoms with Gasteiger partial charge in [0.25, 0.3) is 0 Å². The molecule has 0 aliphatic carbocycles. The van der Waals surface area contributed by atoms with Crippen molar-refractivity contribution >= 4 is 5.76 Å². The maximum absolute atomic E-state index is 6.40. The Kier molecular flexibility index (Phi) is 6.47. The first kappa shape index (κ1) is 17.8. The summed E-state index contributed by atoms with van der Waals surface area (Å²) in [4.78, 5) is 2.56. The molecule has 2 rings (SSSR count). The van der Waals surface area contributed by atoms with E-state index in [0.717, 1.165) is 43.2 Å². The summed E-state index contributed by atoms with van der Waals surface area (Å²) in [6.45, 7) is 16.2. The van der Waals surface area contributed by atoms with Crippen LogP contribution in [0.3, 0.4) is 0 Å². The second-order valence-electron chi connectivity index (χ2n) is 7.18.